The van der Waals surface area contributed by atoms with Gasteiger partial charge in [0, 0.05) is 19.4 Å². The Morgan fingerprint density at radius 1 is 1.19 bits per heavy atom. The second-order valence-corrected chi connectivity index (χ2v) is 9.85. The molecule has 0 aromatic heterocycles. The molecule has 1 saturated carbocycles. The van der Waals surface area contributed by atoms with Crippen molar-refractivity contribution >= 4 is 11.7 Å². The SMILES string of the molecule is CC1C=CC(OCC(O)CCC2=C(CCCCCCC(=O)NCC3CC3)C(=O)CC2)=CC1. The van der Waals surface area contributed by atoms with Crippen molar-refractivity contribution in [3.05, 3.63) is 35.1 Å². The monoisotopic (exact) mass is 443 g/mol. The van der Waals surface area contributed by atoms with Gasteiger partial charge < -0.3 is 15.2 Å². The molecule has 0 bridgehead atoms. The van der Waals surface area contributed by atoms with Gasteiger partial charge in [0.05, 0.1) is 6.10 Å². The minimum absolute atomic E-state index is 0.181. The highest BCUT2D eigenvalue weighted by Crippen LogP contribution is 2.31. The lowest BCUT2D eigenvalue weighted by Gasteiger charge is -2.16. The van der Waals surface area contributed by atoms with Gasteiger partial charge in [0.2, 0.25) is 5.91 Å². The van der Waals surface area contributed by atoms with Gasteiger partial charge in [-0.2, -0.15) is 0 Å². The van der Waals surface area contributed by atoms with Crippen molar-refractivity contribution in [3.63, 3.8) is 0 Å². The van der Waals surface area contributed by atoms with Gasteiger partial charge >= 0.3 is 0 Å². The minimum atomic E-state index is -0.515. The molecule has 0 heterocycles. The van der Waals surface area contributed by atoms with Crippen molar-refractivity contribution in [3.8, 4) is 0 Å². The highest BCUT2D eigenvalue weighted by molar-refractivity contribution is 5.98. The number of unbranched alkanes of at least 4 members (excludes halogenated alkanes) is 3. The Labute approximate surface area is 193 Å². The van der Waals surface area contributed by atoms with E-state index in [2.05, 4.69) is 24.4 Å². The summed E-state index contributed by atoms with van der Waals surface area (Å²) in [5.41, 5.74) is 2.24. The first-order chi connectivity index (χ1) is 15.5. The summed E-state index contributed by atoms with van der Waals surface area (Å²) in [5.74, 6) is 2.60. The van der Waals surface area contributed by atoms with Crippen LogP contribution < -0.4 is 5.32 Å². The quantitative estimate of drug-likeness (QED) is 0.343. The minimum Gasteiger partial charge on any atom is -0.491 e. The van der Waals surface area contributed by atoms with Crippen molar-refractivity contribution in [1.82, 2.24) is 5.32 Å². The number of ether oxygens (including phenoxy) is 1. The van der Waals surface area contributed by atoms with Crippen LogP contribution >= 0.6 is 0 Å². The van der Waals surface area contributed by atoms with Gasteiger partial charge in [-0.15, -0.1) is 0 Å². The summed E-state index contributed by atoms with van der Waals surface area (Å²) >= 11 is 0. The van der Waals surface area contributed by atoms with E-state index in [0.717, 1.165) is 75.2 Å². The maximum absolute atomic E-state index is 12.3. The highest BCUT2D eigenvalue weighted by atomic mass is 16.5. The molecule has 2 N–H and O–H groups in total. The van der Waals surface area contributed by atoms with Gasteiger partial charge in [0.15, 0.2) is 5.78 Å². The predicted molar refractivity (Wildman–Crippen MR) is 127 cm³/mol. The Bertz CT molecular complexity index is 732. The molecule has 178 valence electrons. The first-order valence-corrected chi connectivity index (χ1v) is 12.7. The molecule has 0 radical (unpaired) electrons. The molecule has 0 aromatic carbocycles. The number of amides is 1. The number of aliphatic hydroxyl groups excluding tert-OH is 1. The number of carbonyl (C=O) groups excluding carboxylic acids is 2. The number of hydrogen-bond acceptors (Lipinski definition) is 4. The zero-order valence-corrected chi connectivity index (χ0v) is 19.7. The summed E-state index contributed by atoms with van der Waals surface area (Å²) < 4.78 is 5.72. The van der Waals surface area contributed by atoms with Crippen LogP contribution in [0.3, 0.4) is 0 Å². The lowest BCUT2D eigenvalue weighted by molar-refractivity contribution is -0.121. The number of carbonyl (C=O) groups is 2. The van der Waals surface area contributed by atoms with Crippen LogP contribution in [-0.4, -0.2) is 36.1 Å². The smallest absolute Gasteiger partial charge is 0.220 e. The molecule has 0 spiro atoms. The van der Waals surface area contributed by atoms with Gasteiger partial charge in [-0.25, -0.2) is 0 Å². The van der Waals surface area contributed by atoms with Crippen LogP contribution in [0.5, 0.6) is 0 Å². The van der Waals surface area contributed by atoms with Crippen LogP contribution in [-0.2, 0) is 14.3 Å². The average molecular weight is 444 g/mol. The lowest BCUT2D eigenvalue weighted by Crippen LogP contribution is -2.25. The largest absolute Gasteiger partial charge is 0.491 e. The van der Waals surface area contributed by atoms with Crippen molar-refractivity contribution < 1.29 is 19.4 Å². The molecule has 0 saturated heterocycles. The van der Waals surface area contributed by atoms with E-state index < -0.39 is 6.10 Å². The van der Waals surface area contributed by atoms with Gasteiger partial charge in [-0.1, -0.05) is 31.4 Å². The second-order valence-electron chi connectivity index (χ2n) is 9.85. The zero-order valence-electron chi connectivity index (χ0n) is 19.7. The molecule has 2 atom stereocenters. The molecule has 0 aromatic rings. The summed E-state index contributed by atoms with van der Waals surface area (Å²) in [6.07, 6.45) is 17.5. The third-order valence-corrected chi connectivity index (χ3v) is 6.78. The van der Waals surface area contributed by atoms with E-state index in [4.69, 9.17) is 4.74 Å². The summed E-state index contributed by atoms with van der Waals surface area (Å²) in [6.45, 7) is 3.32. The fourth-order valence-electron chi connectivity index (χ4n) is 4.40. The van der Waals surface area contributed by atoms with Gasteiger partial charge in [0.25, 0.3) is 0 Å². The van der Waals surface area contributed by atoms with Gasteiger partial charge in [0.1, 0.15) is 12.4 Å². The van der Waals surface area contributed by atoms with Crippen LogP contribution in [0, 0.1) is 11.8 Å². The molecule has 1 amide bonds. The van der Waals surface area contributed by atoms with Crippen molar-refractivity contribution in [2.24, 2.45) is 11.8 Å². The molecule has 3 rings (SSSR count). The van der Waals surface area contributed by atoms with Crippen LogP contribution in [0.15, 0.2) is 35.1 Å². The Kier molecular flexibility index (Phi) is 10.0. The molecule has 3 aliphatic carbocycles. The maximum Gasteiger partial charge on any atom is 0.220 e. The normalized spacial score (nSPS) is 21.6. The van der Waals surface area contributed by atoms with Gasteiger partial charge in [-0.3, -0.25) is 9.59 Å². The Morgan fingerprint density at radius 3 is 2.75 bits per heavy atom. The fraction of sp³-hybridized carbons (Fsp3) is 0.704. The Balaban J connectivity index is 1.28. The van der Waals surface area contributed by atoms with E-state index in [1.807, 2.05) is 6.08 Å². The van der Waals surface area contributed by atoms with E-state index in [1.165, 1.54) is 18.4 Å². The van der Waals surface area contributed by atoms with Crippen molar-refractivity contribution in [1.29, 1.82) is 0 Å². The number of aliphatic hydroxyl groups is 1. The first-order valence-electron chi connectivity index (χ1n) is 12.7. The number of nitrogens with one attached hydrogen (secondary N) is 1. The van der Waals surface area contributed by atoms with E-state index in [1.54, 1.807) is 0 Å². The molecule has 2 unspecified atom stereocenters. The molecule has 1 fully saturated rings. The number of Topliss-reactive ketones (excluding diaryl/α,β-unsaturated/α-hetero) is 1. The first kappa shape index (κ1) is 24.8. The Hall–Kier alpha value is -1.88. The van der Waals surface area contributed by atoms with Crippen molar-refractivity contribution in [2.75, 3.05) is 13.2 Å². The van der Waals surface area contributed by atoms with Crippen LogP contribution in [0.25, 0.3) is 0 Å². The van der Waals surface area contributed by atoms with E-state index in [-0.39, 0.29) is 11.7 Å². The molecule has 5 heteroatoms. The molecule has 5 nitrogen and oxygen atoms in total. The summed E-state index contributed by atoms with van der Waals surface area (Å²) in [6, 6.07) is 0. The number of hydrogen-bond donors (Lipinski definition) is 2. The zero-order chi connectivity index (χ0) is 22.8. The molecular weight excluding hydrogens is 402 g/mol. The molecule has 3 aliphatic rings. The summed E-state index contributed by atoms with van der Waals surface area (Å²) in [5, 5.41) is 13.3. The molecule has 0 aliphatic heterocycles. The average Bonchev–Trinajstić information content (AvgIpc) is 3.55. The van der Waals surface area contributed by atoms with E-state index in [0.29, 0.717) is 31.8 Å². The predicted octanol–water partition coefficient (Wildman–Crippen LogP) is 5.15. The maximum atomic E-state index is 12.3. The number of rotatable bonds is 15. The lowest BCUT2D eigenvalue weighted by atomic mass is 9.98. The van der Waals surface area contributed by atoms with Crippen molar-refractivity contribution in [2.45, 2.75) is 96.5 Å². The Morgan fingerprint density at radius 2 is 2.00 bits per heavy atom. The fourth-order valence-corrected chi connectivity index (χ4v) is 4.40. The molecular formula is C27H41NO4. The topological polar surface area (TPSA) is 75.6 Å². The third-order valence-electron chi connectivity index (χ3n) is 6.78. The van der Waals surface area contributed by atoms with Crippen LogP contribution in [0.4, 0.5) is 0 Å². The molecule has 32 heavy (non-hydrogen) atoms. The summed E-state index contributed by atoms with van der Waals surface area (Å²) in [4.78, 5) is 24.1. The van der Waals surface area contributed by atoms with E-state index in [9.17, 15) is 14.7 Å². The summed E-state index contributed by atoms with van der Waals surface area (Å²) in [7, 11) is 0. The highest BCUT2D eigenvalue weighted by Gasteiger charge is 2.23. The third kappa shape index (κ3) is 8.93. The van der Waals surface area contributed by atoms with E-state index >= 15 is 0 Å². The second kappa shape index (κ2) is 13.0. The van der Waals surface area contributed by atoms with Crippen LogP contribution in [0.2, 0.25) is 0 Å². The van der Waals surface area contributed by atoms with Crippen LogP contribution in [0.1, 0.15) is 90.4 Å². The number of ketones is 1. The van der Waals surface area contributed by atoms with Gasteiger partial charge in [-0.05, 0) is 87.3 Å². The standard InChI is InChI=1S/C27H41NO4/c1-20-8-15-24(16-9-20)32-19-23(29)14-12-22-13-17-26(30)25(22)6-4-2-3-5-7-27(31)28-18-21-10-11-21/h8,15-16,20-21,23,29H,2-7,9-14,17-19H2,1H3,(H,28,31). The number of allylic oxidation sites excluding steroid dienone is 5.